The molecule has 0 aliphatic carbocycles. The van der Waals surface area contributed by atoms with Gasteiger partial charge in [0.15, 0.2) is 11.9 Å². The third-order valence-electron chi connectivity index (χ3n) is 6.74. The lowest BCUT2D eigenvalue weighted by Crippen LogP contribution is -2.32. The minimum absolute atomic E-state index is 0.0109. The van der Waals surface area contributed by atoms with E-state index in [4.69, 9.17) is 9.47 Å². The van der Waals surface area contributed by atoms with Crippen LogP contribution in [0.15, 0.2) is 41.7 Å². The molecular formula is C29H44O7. The molecule has 3 atom stereocenters. The van der Waals surface area contributed by atoms with Crippen molar-refractivity contribution in [3.63, 3.8) is 0 Å². The van der Waals surface area contributed by atoms with E-state index in [0.717, 1.165) is 24.8 Å². The Morgan fingerprint density at radius 3 is 2.03 bits per heavy atom. The molecule has 1 aromatic carbocycles. The highest BCUT2D eigenvalue weighted by atomic mass is 16.6. The second-order valence-electron chi connectivity index (χ2n) is 9.70. The summed E-state index contributed by atoms with van der Waals surface area (Å²) in [5.41, 5.74) is 0.771. The van der Waals surface area contributed by atoms with Gasteiger partial charge in [-0.05, 0) is 12.0 Å². The van der Waals surface area contributed by atoms with Crippen molar-refractivity contribution in [3.8, 4) is 0 Å². The van der Waals surface area contributed by atoms with Crippen molar-refractivity contribution in [1.29, 1.82) is 0 Å². The highest BCUT2D eigenvalue weighted by Gasteiger charge is 2.45. The highest BCUT2D eigenvalue weighted by Crippen LogP contribution is 2.34. The van der Waals surface area contributed by atoms with Gasteiger partial charge in [-0.1, -0.05) is 114 Å². The van der Waals surface area contributed by atoms with Crippen molar-refractivity contribution in [2.75, 3.05) is 6.61 Å². The first-order valence-electron chi connectivity index (χ1n) is 13.6. The molecule has 0 aromatic heterocycles. The number of benzene rings is 1. The van der Waals surface area contributed by atoms with Crippen molar-refractivity contribution in [2.45, 2.75) is 109 Å². The van der Waals surface area contributed by atoms with Gasteiger partial charge in [0, 0.05) is 0 Å². The minimum Gasteiger partial charge on any atom is -0.489 e. The number of aliphatic hydroxyl groups is 2. The Morgan fingerprint density at radius 2 is 1.50 bits per heavy atom. The second-order valence-corrected chi connectivity index (χ2v) is 9.70. The summed E-state index contributed by atoms with van der Waals surface area (Å²) in [5, 5.41) is 29.5. The minimum atomic E-state index is -1.39. The molecule has 1 heterocycles. The number of hydrogen-bond acceptors (Lipinski definition) is 6. The largest absolute Gasteiger partial charge is 0.489 e. The van der Waals surface area contributed by atoms with Gasteiger partial charge < -0.3 is 24.8 Å². The van der Waals surface area contributed by atoms with Gasteiger partial charge >= 0.3 is 11.9 Å². The van der Waals surface area contributed by atoms with Crippen LogP contribution in [0, 0.1) is 5.92 Å². The van der Waals surface area contributed by atoms with E-state index < -0.39 is 36.7 Å². The number of carboxylic acid groups (broad SMARTS) is 1. The van der Waals surface area contributed by atoms with Crippen molar-refractivity contribution in [3.05, 3.63) is 47.2 Å². The van der Waals surface area contributed by atoms with Crippen LogP contribution in [0.25, 0.3) is 0 Å². The third kappa shape index (κ3) is 9.94. The zero-order valence-electron chi connectivity index (χ0n) is 21.7. The number of hydrogen-bond donors (Lipinski definition) is 3. The fraction of sp³-hybridized carbons (Fsp3) is 0.655. The van der Waals surface area contributed by atoms with Crippen LogP contribution in [-0.4, -0.2) is 46.1 Å². The van der Waals surface area contributed by atoms with Crippen LogP contribution in [0.4, 0.5) is 0 Å². The van der Waals surface area contributed by atoms with Gasteiger partial charge in [-0.3, -0.25) is 4.79 Å². The molecule has 0 fully saturated rings. The average Bonchev–Trinajstić information content (AvgIpc) is 3.21. The van der Waals surface area contributed by atoms with Gasteiger partial charge in [-0.15, -0.1) is 0 Å². The summed E-state index contributed by atoms with van der Waals surface area (Å²) < 4.78 is 11.1. The Hall–Kier alpha value is -2.38. The summed E-state index contributed by atoms with van der Waals surface area (Å²) >= 11 is 0. The summed E-state index contributed by atoms with van der Waals surface area (Å²) in [6.45, 7) is 1.68. The first-order chi connectivity index (χ1) is 17.5. The number of aliphatic carboxylic acids is 1. The van der Waals surface area contributed by atoms with E-state index in [1.807, 2.05) is 30.3 Å². The topological polar surface area (TPSA) is 113 Å². The van der Waals surface area contributed by atoms with Crippen molar-refractivity contribution in [2.24, 2.45) is 5.92 Å². The molecular weight excluding hydrogens is 460 g/mol. The van der Waals surface area contributed by atoms with Crippen LogP contribution in [0.2, 0.25) is 0 Å². The second kappa shape index (κ2) is 17.1. The first kappa shape index (κ1) is 29.8. The molecule has 1 unspecified atom stereocenters. The predicted molar refractivity (Wildman–Crippen MR) is 138 cm³/mol. The number of unbranched alkanes of at least 4 members (excludes halogenated alkanes) is 11. The van der Waals surface area contributed by atoms with Gasteiger partial charge in [0.2, 0.25) is 0 Å². The number of carbonyl (C=O) groups is 2. The molecule has 1 aliphatic heterocycles. The van der Waals surface area contributed by atoms with Crippen molar-refractivity contribution < 1.29 is 34.4 Å². The quantitative estimate of drug-likeness (QED) is 0.158. The summed E-state index contributed by atoms with van der Waals surface area (Å²) in [5.74, 6) is -2.99. The Morgan fingerprint density at radius 1 is 0.944 bits per heavy atom. The van der Waals surface area contributed by atoms with E-state index in [9.17, 15) is 24.9 Å². The standard InChI is InChI=1S/C29H44O7/c1-2-3-4-5-6-7-8-9-10-11-12-16-19-23(28(32)33)25-27(26(24(31)20-30)36-29(25)34)35-21-22-17-14-13-15-18-22/h13-15,17-18,23-24,26,30-31H,2-12,16,19-21H2,1H3,(H,32,33)/t23?,24-,26+/m0/s1. The van der Waals surface area contributed by atoms with E-state index in [1.165, 1.54) is 51.4 Å². The first-order valence-corrected chi connectivity index (χ1v) is 13.6. The van der Waals surface area contributed by atoms with Gasteiger partial charge in [0.1, 0.15) is 12.7 Å². The van der Waals surface area contributed by atoms with Crippen LogP contribution in [-0.2, 0) is 25.7 Å². The number of ether oxygens (including phenoxy) is 2. The maximum atomic E-state index is 12.7. The van der Waals surface area contributed by atoms with E-state index in [1.54, 1.807) is 0 Å². The Balaban J connectivity index is 1.89. The van der Waals surface area contributed by atoms with E-state index in [-0.39, 0.29) is 24.4 Å². The molecule has 0 bridgehead atoms. The Labute approximate surface area is 215 Å². The lowest BCUT2D eigenvalue weighted by atomic mass is 9.91. The molecule has 36 heavy (non-hydrogen) atoms. The monoisotopic (exact) mass is 504 g/mol. The van der Waals surface area contributed by atoms with Crippen LogP contribution >= 0.6 is 0 Å². The van der Waals surface area contributed by atoms with Gasteiger partial charge in [-0.2, -0.15) is 0 Å². The predicted octanol–water partition coefficient (Wildman–Crippen LogP) is 5.53. The molecule has 0 saturated heterocycles. The van der Waals surface area contributed by atoms with Crippen LogP contribution in [0.1, 0.15) is 96.0 Å². The molecule has 1 aliphatic rings. The fourth-order valence-electron chi connectivity index (χ4n) is 4.63. The molecule has 2 rings (SSSR count). The molecule has 0 saturated carbocycles. The van der Waals surface area contributed by atoms with Crippen LogP contribution in [0.5, 0.6) is 0 Å². The van der Waals surface area contributed by atoms with Crippen LogP contribution < -0.4 is 0 Å². The molecule has 7 heteroatoms. The maximum Gasteiger partial charge on any atom is 0.339 e. The van der Waals surface area contributed by atoms with Crippen molar-refractivity contribution >= 4 is 11.9 Å². The zero-order chi connectivity index (χ0) is 26.2. The lowest BCUT2D eigenvalue weighted by Gasteiger charge is -2.20. The van der Waals surface area contributed by atoms with Gasteiger partial charge in [0.05, 0.1) is 18.1 Å². The zero-order valence-corrected chi connectivity index (χ0v) is 21.7. The molecule has 1 aromatic rings. The van der Waals surface area contributed by atoms with E-state index >= 15 is 0 Å². The van der Waals surface area contributed by atoms with Gasteiger partial charge in [0.25, 0.3) is 0 Å². The van der Waals surface area contributed by atoms with E-state index in [0.29, 0.717) is 6.42 Å². The Kier molecular flexibility index (Phi) is 14.2. The summed E-state index contributed by atoms with van der Waals surface area (Å²) in [4.78, 5) is 24.8. The molecule has 0 spiro atoms. The molecule has 0 radical (unpaired) electrons. The smallest absolute Gasteiger partial charge is 0.339 e. The summed E-state index contributed by atoms with van der Waals surface area (Å²) in [6, 6.07) is 9.24. The number of esters is 1. The van der Waals surface area contributed by atoms with Crippen molar-refractivity contribution in [1.82, 2.24) is 0 Å². The molecule has 7 nitrogen and oxygen atoms in total. The number of cyclic esters (lactones) is 1. The molecule has 202 valence electrons. The maximum absolute atomic E-state index is 12.7. The number of carbonyl (C=O) groups excluding carboxylic acids is 1. The average molecular weight is 505 g/mol. The summed E-state index contributed by atoms with van der Waals surface area (Å²) in [6.07, 6.45) is 11.7. The molecule has 3 N–H and O–H groups in total. The fourth-order valence-corrected chi connectivity index (χ4v) is 4.63. The lowest BCUT2D eigenvalue weighted by molar-refractivity contribution is -0.149. The number of aliphatic hydroxyl groups excluding tert-OH is 2. The molecule has 0 amide bonds. The van der Waals surface area contributed by atoms with E-state index in [2.05, 4.69) is 6.92 Å². The van der Waals surface area contributed by atoms with Gasteiger partial charge in [-0.25, -0.2) is 4.79 Å². The SMILES string of the molecule is CCCCCCCCCCCCCCC(C(=O)O)C1=C(OCc2ccccc2)[C@@H]([C@@H](O)CO)OC1=O. The number of rotatable bonds is 20. The third-order valence-corrected chi connectivity index (χ3v) is 6.74. The summed E-state index contributed by atoms with van der Waals surface area (Å²) in [7, 11) is 0. The Bertz CT molecular complexity index is 805. The highest BCUT2D eigenvalue weighted by molar-refractivity contribution is 5.97. The normalized spacial score (nSPS) is 17.2. The number of carboxylic acids is 1. The van der Waals surface area contributed by atoms with Crippen LogP contribution in [0.3, 0.4) is 0 Å².